The lowest BCUT2D eigenvalue weighted by atomic mass is 9.78. The fourth-order valence-electron chi connectivity index (χ4n) is 9.04. The molecule has 270 valence electrons. The summed E-state index contributed by atoms with van der Waals surface area (Å²) in [4.78, 5) is 63.3. The summed E-state index contributed by atoms with van der Waals surface area (Å²) in [5, 5.41) is 15.3. The van der Waals surface area contributed by atoms with E-state index >= 15 is 0 Å². The van der Waals surface area contributed by atoms with Crippen molar-refractivity contribution >= 4 is 110 Å². The number of thiophene rings is 2. The molecule has 3 aliphatic carbocycles. The summed E-state index contributed by atoms with van der Waals surface area (Å²) in [5.74, 6) is -0.00340. The Labute approximate surface area is 329 Å². The topological polar surface area (TPSA) is 126 Å². The van der Waals surface area contributed by atoms with E-state index in [0.717, 1.165) is 94.1 Å². The molecule has 5 aliphatic rings. The SMILES string of the molecule is O=C1c2cc3ccccc3cc2C(=O)C1Nc1nc2sc3c(c2s1)C1(CCCCC1)Oc1c-3sc2c1SC(NC1C(=O)c3cc4ccccc4cc3C1=O)N2. The van der Waals surface area contributed by atoms with E-state index in [1.807, 2.05) is 72.8 Å². The van der Waals surface area contributed by atoms with Crippen LogP contribution in [0.4, 0.5) is 10.1 Å². The maximum Gasteiger partial charge on any atom is 0.193 e. The van der Waals surface area contributed by atoms with Gasteiger partial charge in [0.05, 0.1) is 19.3 Å². The van der Waals surface area contributed by atoms with Gasteiger partial charge in [-0.25, -0.2) is 4.98 Å². The minimum Gasteiger partial charge on any atom is -0.480 e. The van der Waals surface area contributed by atoms with E-state index in [9.17, 15) is 19.2 Å². The van der Waals surface area contributed by atoms with Crippen LogP contribution in [0.5, 0.6) is 5.75 Å². The molecule has 1 saturated carbocycles. The van der Waals surface area contributed by atoms with Gasteiger partial charge in [0.25, 0.3) is 0 Å². The number of rotatable bonds is 4. The molecule has 5 heterocycles. The third-order valence-electron chi connectivity index (χ3n) is 11.7. The van der Waals surface area contributed by atoms with Gasteiger partial charge in [0, 0.05) is 27.8 Å². The molecule has 1 fully saturated rings. The van der Waals surface area contributed by atoms with E-state index in [4.69, 9.17) is 9.72 Å². The molecule has 2 aliphatic heterocycles. The predicted molar refractivity (Wildman–Crippen MR) is 219 cm³/mol. The second-order valence-electron chi connectivity index (χ2n) is 14.8. The van der Waals surface area contributed by atoms with Crippen LogP contribution in [-0.4, -0.2) is 45.7 Å². The molecule has 55 heavy (non-hydrogen) atoms. The van der Waals surface area contributed by atoms with Gasteiger partial charge in [0.15, 0.2) is 40.1 Å². The Morgan fingerprint density at radius 2 is 1.25 bits per heavy atom. The third-order valence-corrected chi connectivity index (χ3v) is 16.4. The van der Waals surface area contributed by atoms with Crippen LogP contribution in [-0.2, 0) is 5.60 Å². The smallest absolute Gasteiger partial charge is 0.193 e. The first-order valence-electron chi connectivity index (χ1n) is 18.3. The van der Waals surface area contributed by atoms with Crippen LogP contribution in [0.15, 0.2) is 77.7 Å². The molecule has 12 rings (SSSR count). The van der Waals surface area contributed by atoms with E-state index in [-0.39, 0.29) is 28.6 Å². The molecule has 3 aromatic heterocycles. The van der Waals surface area contributed by atoms with Crippen molar-refractivity contribution in [2.75, 3.05) is 10.6 Å². The number of benzene rings is 4. The first kappa shape index (κ1) is 32.3. The molecular formula is C42H28N4O5S4. The molecule has 13 heteroatoms. The second-order valence-corrected chi connectivity index (χ2v) is 18.9. The Hall–Kier alpha value is -4.92. The van der Waals surface area contributed by atoms with Crippen molar-refractivity contribution in [2.45, 2.75) is 60.2 Å². The highest BCUT2D eigenvalue weighted by Crippen LogP contribution is 2.65. The molecule has 7 aromatic rings. The van der Waals surface area contributed by atoms with Crippen LogP contribution in [0, 0.1) is 0 Å². The van der Waals surface area contributed by atoms with Crippen molar-refractivity contribution in [3.63, 3.8) is 0 Å². The van der Waals surface area contributed by atoms with Gasteiger partial charge in [-0.05, 0) is 71.5 Å². The number of carbonyl (C=O) groups is 4. The van der Waals surface area contributed by atoms with E-state index in [1.54, 1.807) is 34.4 Å². The molecule has 0 radical (unpaired) electrons. The quantitative estimate of drug-likeness (QED) is 0.148. The second kappa shape index (κ2) is 11.6. The zero-order valence-electron chi connectivity index (χ0n) is 28.8. The normalized spacial score (nSPS) is 19.9. The summed E-state index contributed by atoms with van der Waals surface area (Å²) in [5.41, 5.74) is 2.10. The first-order chi connectivity index (χ1) is 26.8. The number of hydrogen-bond acceptors (Lipinski definition) is 13. The molecule has 4 aromatic carbocycles. The van der Waals surface area contributed by atoms with Crippen molar-refractivity contribution in [1.82, 2.24) is 10.3 Å². The van der Waals surface area contributed by atoms with Crippen LogP contribution in [0.2, 0.25) is 0 Å². The van der Waals surface area contributed by atoms with E-state index < -0.39 is 17.7 Å². The Balaban J connectivity index is 0.848. The van der Waals surface area contributed by atoms with E-state index in [2.05, 4.69) is 16.0 Å². The molecule has 1 unspecified atom stereocenters. The van der Waals surface area contributed by atoms with Gasteiger partial charge >= 0.3 is 0 Å². The Kier molecular flexibility index (Phi) is 6.79. The highest BCUT2D eigenvalue weighted by molar-refractivity contribution is 8.00. The zero-order valence-corrected chi connectivity index (χ0v) is 32.1. The first-order valence-corrected chi connectivity index (χ1v) is 21.6. The van der Waals surface area contributed by atoms with Gasteiger partial charge in [0.2, 0.25) is 0 Å². The fourth-order valence-corrected chi connectivity index (χ4v) is 14.2. The number of nitrogens with zero attached hydrogens (tertiary/aromatic N) is 1. The number of aromatic nitrogens is 1. The Morgan fingerprint density at radius 3 is 1.84 bits per heavy atom. The summed E-state index contributed by atoms with van der Waals surface area (Å²) < 4.78 is 8.23. The lowest BCUT2D eigenvalue weighted by molar-refractivity contribution is 0.0241. The molecule has 3 N–H and O–H groups in total. The summed E-state index contributed by atoms with van der Waals surface area (Å²) in [6.45, 7) is 0. The van der Waals surface area contributed by atoms with Crippen molar-refractivity contribution in [3.05, 3.63) is 101 Å². The molecule has 9 nitrogen and oxygen atoms in total. The third kappa shape index (κ3) is 4.58. The van der Waals surface area contributed by atoms with Gasteiger partial charge < -0.3 is 15.4 Å². The number of hydrogen-bond donors (Lipinski definition) is 3. The van der Waals surface area contributed by atoms with Crippen molar-refractivity contribution in [2.24, 2.45) is 0 Å². The number of anilines is 2. The molecule has 0 bridgehead atoms. The molecule has 1 spiro atoms. The molecule has 0 amide bonds. The number of fused-ring (bicyclic) bond motifs is 12. The van der Waals surface area contributed by atoms with Gasteiger partial charge in [0.1, 0.15) is 27.0 Å². The summed E-state index contributed by atoms with van der Waals surface area (Å²) in [6.07, 6.45) is 4.96. The highest BCUT2D eigenvalue weighted by Gasteiger charge is 2.49. The monoisotopic (exact) mass is 796 g/mol. The number of ketones is 4. The van der Waals surface area contributed by atoms with Crippen LogP contribution in [0.25, 0.3) is 40.8 Å². The van der Waals surface area contributed by atoms with Crippen LogP contribution in [0.3, 0.4) is 0 Å². The van der Waals surface area contributed by atoms with Gasteiger partial charge in [-0.15, -0.1) is 22.7 Å². The van der Waals surface area contributed by atoms with E-state index in [0.29, 0.717) is 27.4 Å². The fraction of sp³-hybridized carbons (Fsp3) is 0.214. The maximum absolute atomic E-state index is 13.6. The van der Waals surface area contributed by atoms with Crippen LogP contribution < -0.4 is 20.7 Å². The van der Waals surface area contributed by atoms with Crippen molar-refractivity contribution < 1.29 is 23.9 Å². The van der Waals surface area contributed by atoms with Crippen molar-refractivity contribution in [1.29, 1.82) is 0 Å². The van der Waals surface area contributed by atoms with Gasteiger partial charge in [-0.1, -0.05) is 78.1 Å². The number of carbonyl (C=O) groups excluding carboxylic acids is 4. The minimum atomic E-state index is -1.01. The number of thioether (sulfide) groups is 1. The largest absolute Gasteiger partial charge is 0.480 e. The van der Waals surface area contributed by atoms with E-state index in [1.165, 1.54) is 11.3 Å². The minimum absolute atomic E-state index is 0.202. The Morgan fingerprint density at radius 1 is 0.691 bits per heavy atom. The van der Waals surface area contributed by atoms with Crippen LogP contribution >= 0.6 is 45.8 Å². The standard InChI is InChI=1S/C42H28N4O5S4/c47-29-22-14-18-8-2-3-9-19(18)15-23(22)30(48)27(29)43-40-45-38-35(54-40)26-34(52-38)36-33(51-42(26)12-6-1-7-13-42)37-39(53-36)46-41(55-37)44-28-31(49)24-16-20-10-4-5-11-21(20)17-25(24)32(28)50/h2-5,8-11,14-17,27-28,41,44,46H,1,6-7,12-13H2,(H,43,45). The van der Waals surface area contributed by atoms with Crippen molar-refractivity contribution in [3.8, 4) is 15.5 Å². The Bertz CT molecular complexity index is 2810. The zero-order chi connectivity index (χ0) is 36.7. The highest BCUT2D eigenvalue weighted by atomic mass is 32.2. The number of ether oxygens (including phenoxy) is 1. The average Bonchev–Trinajstić information content (AvgIpc) is 4.03. The number of thiazole rings is 1. The predicted octanol–water partition coefficient (Wildman–Crippen LogP) is 9.64. The van der Waals surface area contributed by atoms with Gasteiger partial charge in [-0.3, -0.25) is 24.5 Å². The molecule has 0 saturated heterocycles. The lowest BCUT2D eigenvalue weighted by Crippen LogP contribution is -2.45. The molecular weight excluding hydrogens is 769 g/mol. The van der Waals surface area contributed by atoms with Gasteiger partial charge in [-0.2, -0.15) is 0 Å². The summed E-state index contributed by atoms with van der Waals surface area (Å²) in [6, 6.07) is 20.9. The lowest BCUT2D eigenvalue weighted by Gasteiger charge is -2.41. The maximum atomic E-state index is 13.6. The van der Waals surface area contributed by atoms with Crippen LogP contribution in [0.1, 0.15) is 79.1 Å². The number of nitrogens with one attached hydrogen (secondary N) is 3. The summed E-state index contributed by atoms with van der Waals surface area (Å²) >= 11 is 6.31. The average molecular weight is 797 g/mol. The number of Topliss-reactive ketones (excluding diaryl/α,β-unsaturated/α-hetero) is 4. The summed E-state index contributed by atoms with van der Waals surface area (Å²) in [7, 11) is 0. The molecule has 1 atom stereocenters.